The molecule has 2 rings (SSSR count). The molecular formula is C27H38FN3O6S. The van der Waals surface area contributed by atoms with E-state index in [2.05, 4.69) is 9.97 Å². The fourth-order valence-corrected chi connectivity index (χ4v) is 3.96. The molecule has 38 heavy (non-hydrogen) atoms. The first-order chi connectivity index (χ1) is 17.5. The molecule has 11 heteroatoms. The van der Waals surface area contributed by atoms with E-state index in [9.17, 15) is 22.7 Å². The molecule has 9 nitrogen and oxygen atoms in total. The van der Waals surface area contributed by atoms with Crippen LogP contribution in [0.1, 0.15) is 64.6 Å². The second-order valence-electron chi connectivity index (χ2n) is 10.4. The summed E-state index contributed by atoms with van der Waals surface area (Å²) in [5.41, 5.74) is 1.40. The highest BCUT2D eigenvalue weighted by molar-refractivity contribution is 7.92. The summed E-state index contributed by atoms with van der Waals surface area (Å²) < 4.78 is 49.7. The zero-order chi connectivity index (χ0) is 28.8. The Kier molecular flexibility index (Phi) is 10.5. The van der Waals surface area contributed by atoms with Crippen LogP contribution in [0.3, 0.4) is 0 Å². The number of hydrogen-bond donors (Lipinski definition) is 1. The van der Waals surface area contributed by atoms with Crippen molar-refractivity contribution in [3.8, 4) is 11.3 Å². The highest BCUT2D eigenvalue weighted by atomic mass is 32.2. The molecule has 0 fully saturated rings. The number of methoxy groups -OCH3 is 1. The van der Waals surface area contributed by atoms with Crippen LogP contribution >= 0.6 is 0 Å². The van der Waals surface area contributed by atoms with Gasteiger partial charge in [-0.2, -0.15) is 0 Å². The van der Waals surface area contributed by atoms with E-state index in [-0.39, 0.29) is 24.7 Å². The third kappa shape index (κ3) is 9.14. The van der Waals surface area contributed by atoms with Gasteiger partial charge in [-0.25, -0.2) is 27.1 Å². The summed E-state index contributed by atoms with van der Waals surface area (Å²) in [5, 5.41) is 10.7. The van der Waals surface area contributed by atoms with Crippen molar-refractivity contribution in [3.63, 3.8) is 0 Å². The number of aliphatic hydroxyl groups excluding tert-OH is 1. The Balaban J connectivity index is 2.48. The molecule has 0 spiro atoms. The first-order valence-electron chi connectivity index (χ1n) is 12.2. The number of ether oxygens (including phenoxy) is 2. The Bertz CT molecular complexity index is 1240. The molecule has 2 atom stereocenters. The molecule has 0 saturated heterocycles. The van der Waals surface area contributed by atoms with Crippen LogP contribution in [0.2, 0.25) is 0 Å². The Morgan fingerprint density at radius 3 is 2.29 bits per heavy atom. The number of esters is 1. The molecule has 0 bridgehead atoms. The summed E-state index contributed by atoms with van der Waals surface area (Å²) in [5.74, 6) is -1.02. The predicted octanol–water partition coefficient (Wildman–Crippen LogP) is 4.31. The van der Waals surface area contributed by atoms with E-state index in [1.54, 1.807) is 45.1 Å². The summed E-state index contributed by atoms with van der Waals surface area (Å²) in [6, 6.07) is 5.66. The Morgan fingerprint density at radius 1 is 1.18 bits per heavy atom. The normalized spacial score (nSPS) is 14.1. The number of anilines is 1. The van der Waals surface area contributed by atoms with Crippen molar-refractivity contribution in [3.05, 3.63) is 47.4 Å². The van der Waals surface area contributed by atoms with Gasteiger partial charge in [0.25, 0.3) is 0 Å². The van der Waals surface area contributed by atoms with Gasteiger partial charge < -0.3 is 14.6 Å². The zero-order valence-corrected chi connectivity index (χ0v) is 24.0. The number of rotatable bonds is 11. The maximum absolute atomic E-state index is 13.7. The van der Waals surface area contributed by atoms with Crippen molar-refractivity contribution < 1.29 is 32.2 Å². The predicted molar refractivity (Wildman–Crippen MR) is 146 cm³/mol. The molecule has 1 aromatic carbocycles. The number of halogens is 1. The summed E-state index contributed by atoms with van der Waals surface area (Å²) >= 11 is 0. The van der Waals surface area contributed by atoms with Gasteiger partial charge in [-0.1, -0.05) is 26.0 Å². The Hall–Kier alpha value is -2.89. The van der Waals surface area contributed by atoms with Crippen molar-refractivity contribution in [1.29, 1.82) is 0 Å². The lowest BCUT2D eigenvalue weighted by atomic mass is 9.97. The zero-order valence-electron chi connectivity index (χ0n) is 23.2. The number of hydrogen-bond acceptors (Lipinski definition) is 8. The van der Waals surface area contributed by atoms with Crippen LogP contribution in [0, 0.1) is 5.82 Å². The molecule has 1 N–H and O–H groups in total. The van der Waals surface area contributed by atoms with Gasteiger partial charge in [0.15, 0.2) is 0 Å². The SMILES string of the molecule is CO[C@@H](CC(=O)OC(C)(C)C)C[C@H](O)/C=C/c1c(-c2ccc(F)cc2)nc(N(C)S(C)(=O)=O)nc1C(C)C. The van der Waals surface area contributed by atoms with Gasteiger partial charge in [-0.05, 0) is 51.0 Å². The van der Waals surface area contributed by atoms with Gasteiger partial charge in [-0.3, -0.25) is 4.79 Å². The van der Waals surface area contributed by atoms with Gasteiger partial charge in [0, 0.05) is 31.7 Å². The third-order valence-corrected chi connectivity index (χ3v) is 6.70. The molecular weight excluding hydrogens is 513 g/mol. The number of benzene rings is 1. The van der Waals surface area contributed by atoms with Crippen LogP contribution in [0.15, 0.2) is 30.3 Å². The van der Waals surface area contributed by atoms with Crippen LogP contribution in [-0.2, 0) is 24.3 Å². The third-order valence-electron chi connectivity index (χ3n) is 5.54. The number of sulfonamides is 1. The average molecular weight is 552 g/mol. The largest absolute Gasteiger partial charge is 0.460 e. The molecule has 0 saturated carbocycles. The maximum Gasteiger partial charge on any atom is 0.308 e. The summed E-state index contributed by atoms with van der Waals surface area (Å²) in [4.78, 5) is 21.2. The van der Waals surface area contributed by atoms with Gasteiger partial charge in [0.05, 0.1) is 36.3 Å². The van der Waals surface area contributed by atoms with Crippen LogP contribution in [0.25, 0.3) is 17.3 Å². The van der Waals surface area contributed by atoms with E-state index < -0.39 is 39.6 Å². The van der Waals surface area contributed by atoms with E-state index in [1.165, 1.54) is 26.3 Å². The minimum absolute atomic E-state index is 0.0215. The number of aromatic nitrogens is 2. The van der Waals surface area contributed by atoms with Crippen molar-refractivity contribution >= 4 is 28.0 Å². The van der Waals surface area contributed by atoms with Crippen LogP contribution < -0.4 is 4.31 Å². The van der Waals surface area contributed by atoms with E-state index in [4.69, 9.17) is 9.47 Å². The molecule has 1 aromatic heterocycles. The maximum atomic E-state index is 13.7. The fourth-order valence-electron chi connectivity index (χ4n) is 3.58. The fraction of sp³-hybridized carbons (Fsp3) is 0.519. The quantitative estimate of drug-likeness (QED) is 0.411. The van der Waals surface area contributed by atoms with Crippen LogP contribution in [0.4, 0.5) is 10.3 Å². The molecule has 0 aliphatic carbocycles. The first kappa shape index (κ1) is 31.3. The molecule has 0 radical (unpaired) electrons. The van der Waals surface area contributed by atoms with Gasteiger partial charge in [0.1, 0.15) is 11.4 Å². The van der Waals surface area contributed by atoms with Gasteiger partial charge in [0.2, 0.25) is 16.0 Å². The van der Waals surface area contributed by atoms with Gasteiger partial charge >= 0.3 is 5.97 Å². The monoisotopic (exact) mass is 551 g/mol. The van der Waals surface area contributed by atoms with Crippen molar-refractivity contribution in [2.45, 2.75) is 71.2 Å². The number of aliphatic hydroxyl groups is 1. The van der Waals surface area contributed by atoms with E-state index >= 15 is 0 Å². The lowest BCUT2D eigenvalue weighted by Crippen LogP contribution is -2.28. The minimum Gasteiger partial charge on any atom is -0.460 e. The molecule has 0 aliphatic rings. The second kappa shape index (κ2) is 12.8. The van der Waals surface area contributed by atoms with Gasteiger partial charge in [-0.15, -0.1) is 0 Å². The highest BCUT2D eigenvalue weighted by Crippen LogP contribution is 2.32. The number of carbonyl (C=O) groups excluding carboxylic acids is 1. The lowest BCUT2D eigenvalue weighted by Gasteiger charge is -2.22. The summed E-state index contributed by atoms with van der Waals surface area (Å²) in [6.45, 7) is 9.12. The molecule has 0 amide bonds. The molecule has 0 unspecified atom stereocenters. The average Bonchev–Trinajstić information content (AvgIpc) is 2.80. The standard InChI is InChI=1S/C27H38FN3O6S/c1-17(2)24-22(14-13-20(32)15-21(36-7)16-23(33)37-27(3,4)5)25(18-9-11-19(28)12-10-18)30-26(29-24)31(6)38(8,34)35/h9-14,17,20-21,32H,15-16H2,1-8H3/b14-13+/t20-,21-/m1/s1. The lowest BCUT2D eigenvalue weighted by molar-refractivity contribution is -0.157. The smallest absolute Gasteiger partial charge is 0.308 e. The van der Waals surface area contributed by atoms with Crippen molar-refractivity contribution in [1.82, 2.24) is 9.97 Å². The molecule has 0 aliphatic heterocycles. The highest BCUT2D eigenvalue weighted by Gasteiger charge is 2.24. The first-order valence-corrected chi connectivity index (χ1v) is 14.1. The molecule has 210 valence electrons. The van der Waals surface area contributed by atoms with E-state index in [0.717, 1.165) is 10.6 Å². The van der Waals surface area contributed by atoms with Crippen molar-refractivity contribution in [2.75, 3.05) is 24.7 Å². The van der Waals surface area contributed by atoms with E-state index in [0.29, 0.717) is 22.5 Å². The Labute approximate surface area is 224 Å². The number of nitrogens with zero attached hydrogens (tertiary/aromatic N) is 3. The Morgan fingerprint density at radius 2 is 1.79 bits per heavy atom. The molecule has 1 heterocycles. The van der Waals surface area contributed by atoms with Crippen LogP contribution in [0.5, 0.6) is 0 Å². The second-order valence-corrected chi connectivity index (χ2v) is 12.4. The topological polar surface area (TPSA) is 119 Å². The van der Waals surface area contributed by atoms with Crippen LogP contribution in [-0.4, -0.2) is 67.7 Å². The van der Waals surface area contributed by atoms with Crippen molar-refractivity contribution in [2.24, 2.45) is 0 Å². The summed E-state index contributed by atoms with van der Waals surface area (Å²) in [6.07, 6.45) is 2.80. The van der Waals surface area contributed by atoms with E-state index in [1.807, 2.05) is 13.8 Å². The number of carbonyl (C=O) groups is 1. The summed E-state index contributed by atoms with van der Waals surface area (Å²) in [7, 11) is -0.825. The molecule has 2 aromatic rings. The minimum atomic E-state index is -3.64.